The number of rotatable bonds is 4. The third-order valence-corrected chi connectivity index (χ3v) is 6.41. The lowest BCUT2D eigenvalue weighted by Crippen LogP contribution is -2.36. The highest BCUT2D eigenvalue weighted by Gasteiger charge is 2.27. The van der Waals surface area contributed by atoms with E-state index < -0.39 is 0 Å². The van der Waals surface area contributed by atoms with Crippen LogP contribution < -0.4 is 10.2 Å². The van der Waals surface area contributed by atoms with Crippen molar-refractivity contribution in [3.63, 3.8) is 0 Å². The van der Waals surface area contributed by atoms with Crippen LogP contribution in [0.15, 0.2) is 12.4 Å². The average molecular weight is 344 g/mol. The minimum absolute atomic E-state index is 0.918. The van der Waals surface area contributed by atoms with E-state index in [0.29, 0.717) is 0 Å². The molecule has 3 aliphatic rings. The van der Waals surface area contributed by atoms with Gasteiger partial charge in [-0.1, -0.05) is 0 Å². The highest BCUT2D eigenvalue weighted by atomic mass is 15.3. The zero-order valence-corrected chi connectivity index (χ0v) is 15.5. The van der Waals surface area contributed by atoms with Gasteiger partial charge in [0, 0.05) is 37.6 Å². The summed E-state index contributed by atoms with van der Waals surface area (Å²) in [5.41, 5.74) is 1.26. The van der Waals surface area contributed by atoms with Gasteiger partial charge in [0.15, 0.2) is 0 Å². The van der Waals surface area contributed by atoms with Gasteiger partial charge in [-0.15, -0.1) is 0 Å². The van der Waals surface area contributed by atoms with Crippen molar-refractivity contribution in [1.82, 2.24) is 20.2 Å². The molecule has 0 aromatic carbocycles. The third-order valence-electron chi connectivity index (χ3n) is 6.41. The monoisotopic (exact) mass is 343 g/mol. The van der Waals surface area contributed by atoms with Crippen LogP contribution in [-0.2, 0) is 6.54 Å². The normalized spacial score (nSPS) is 26.7. The van der Waals surface area contributed by atoms with Crippen molar-refractivity contribution in [1.29, 1.82) is 0 Å². The van der Waals surface area contributed by atoms with Crippen molar-refractivity contribution in [2.24, 2.45) is 11.8 Å². The summed E-state index contributed by atoms with van der Waals surface area (Å²) in [6, 6.07) is 0. The van der Waals surface area contributed by atoms with E-state index in [-0.39, 0.29) is 0 Å². The Balaban J connectivity index is 1.25. The lowest BCUT2D eigenvalue weighted by Gasteiger charge is -2.35. The van der Waals surface area contributed by atoms with Crippen LogP contribution in [0.4, 0.5) is 5.95 Å². The molecule has 25 heavy (non-hydrogen) atoms. The second-order valence-electron chi connectivity index (χ2n) is 8.14. The number of hydrogen-bond donors (Lipinski definition) is 1. The molecule has 1 N–H and O–H groups in total. The first-order chi connectivity index (χ1) is 12.4. The van der Waals surface area contributed by atoms with Gasteiger partial charge in [-0.3, -0.25) is 4.90 Å². The number of nitrogens with one attached hydrogen (secondary N) is 1. The van der Waals surface area contributed by atoms with Crippen LogP contribution in [0, 0.1) is 11.8 Å². The molecule has 3 aliphatic heterocycles. The first-order valence-electron chi connectivity index (χ1n) is 10.4. The molecule has 3 fully saturated rings. The van der Waals surface area contributed by atoms with E-state index in [2.05, 4.69) is 25.1 Å². The molecule has 138 valence electrons. The molecule has 4 heterocycles. The number of hydrogen-bond acceptors (Lipinski definition) is 5. The van der Waals surface area contributed by atoms with Crippen molar-refractivity contribution in [3.05, 3.63) is 18.0 Å². The predicted molar refractivity (Wildman–Crippen MR) is 102 cm³/mol. The van der Waals surface area contributed by atoms with Crippen LogP contribution in [0.2, 0.25) is 0 Å². The van der Waals surface area contributed by atoms with Crippen LogP contribution in [0.25, 0.3) is 0 Å². The Kier molecular flexibility index (Phi) is 5.83. The molecule has 1 aromatic rings. The number of likely N-dealkylation sites (tertiary alicyclic amines) is 1. The molecule has 5 heteroatoms. The molecule has 0 radical (unpaired) electrons. The van der Waals surface area contributed by atoms with Crippen LogP contribution >= 0.6 is 0 Å². The number of nitrogens with zero attached hydrogens (tertiary/aromatic N) is 4. The van der Waals surface area contributed by atoms with E-state index in [1.54, 1.807) is 0 Å². The smallest absolute Gasteiger partial charge is 0.225 e. The quantitative estimate of drug-likeness (QED) is 0.911. The summed E-state index contributed by atoms with van der Waals surface area (Å²) in [5.74, 6) is 2.83. The summed E-state index contributed by atoms with van der Waals surface area (Å²) in [4.78, 5) is 14.1. The van der Waals surface area contributed by atoms with Crippen molar-refractivity contribution >= 4 is 5.95 Å². The van der Waals surface area contributed by atoms with E-state index in [4.69, 9.17) is 0 Å². The van der Waals surface area contributed by atoms with Crippen LogP contribution in [0.3, 0.4) is 0 Å². The van der Waals surface area contributed by atoms with Crippen molar-refractivity contribution in [2.75, 3.05) is 44.2 Å². The van der Waals surface area contributed by atoms with Gasteiger partial charge in [0.1, 0.15) is 0 Å². The molecule has 3 saturated heterocycles. The second kappa shape index (κ2) is 8.45. The van der Waals surface area contributed by atoms with Crippen LogP contribution in [0.5, 0.6) is 0 Å². The largest absolute Gasteiger partial charge is 0.341 e. The summed E-state index contributed by atoms with van der Waals surface area (Å²) < 4.78 is 0. The number of piperidine rings is 1. The molecule has 0 aliphatic carbocycles. The Labute approximate surface area is 152 Å². The maximum absolute atomic E-state index is 4.61. The fourth-order valence-electron chi connectivity index (χ4n) is 4.87. The summed E-state index contributed by atoms with van der Waals surface area (Å²) in [6.45, 7) is 8.17. The molecule has 0 bridgehead atoms. The molecule has 0 amide bonds. The van der Waals surface area contributed by atoms with E-state index in [9.17, 15) is 0 Å². The molecule has 5 nitrogen and oxygen atoms in total. The van der Waals surface area contributed by atoms with Gasteiger partial charge in [0.25, 0.3) is 0 Å². The van der Waals surface area contributed by atoms with Crippen LogP contribution in [0.1, 0.15) is 50.5 Å². The topological polar surface area (TPSA) is 44.3 Å². The van der Waals surface area contributed by atoms with Crippen molar-refractivity contribution in [2.45, 2.75) is 51.5 Å². The van der Waals surface area contributed by atoms with Gasteiger partial charge in [-0.2, -0.15) is 0 Å². The lowest BCUT2D eigenvalue weighted by molar-refractivity contribution is 0.135. The minimum Gasteiger partial charge on any atom is -0.341 e. The molecule has 1 atom stereocenters. The van der Waals surface area contributed by atoms with E-state index in [1.165, 1.54) is 76.7 Å². The molecular formula is C20H33N5. The fourth-order valence-corrected chi connectivity index (χ4v) is 4.87. The molecule has 1 aromatic heterocycles. The lowest BCUT2D eigenvalue weighted by atomic mass is 9.80. The van der Waals surface area contributed by atoms with Crippen molar-refractivity contribution in [3.8, 4) is 0 Å². The van der Waals surface area contributed by atoms with Crippen LogP contribution in [-0.4, -0.2) is 54.1 Å². The number of anilines is 1. The van der Waals surface area contributed by atoms with Crippen molar-refractivity contribution < 1.29 is 0 Å². The standard InChI is InChI=1S/C20H33N5/c1-2-11-25(10-1)20-22-14-17(15-23-20)16-24-12-6-19(7-13-24)18-4-3-8-21-9-5-18/h14-15,18-19,21H,1-13,16H2. The Morgan fingerprint density at radius 1 is 0.840 bits per heavy atom. The summed E-state index contributed by atoms with van der Waals surface area (Å²) >= 11 is 0. The summed E-state index contributed by atoms with van der Waals surface area (Å²) in [5, 5.41) is 3.55. The Morgan fingerprint density at radius 3 is 2.32 bits per heavy atom. The maximum Gasteiger partial charge on any atom is 0.225 e. The fraction of sp³-hybridized carbons (Fsp3) is 0.800. The predicted octanol–water partition coefficient (Wildman–Crippen LogP) is 2.68. The Morgan fingerprint density at radius 2 is 1.56 bits per heavy atom. The average Bonchev–Trinajstić information content (AvgIpc) is 3.06. The summed E-state index contributed by atoms with van der Waals surface area (Å²) in [7, 11) is 0. The highest BCUT2D eigenvalue weighted by Crippen LogP contribution is 2.31. The van der Waals surface area contributed by atoms with Gasteiger partial charge in [0.05, 0.1) is 0 Å². The highest BCUT2D eigenvalue weighted by molar-refractivity contribution is 5.30. The third kappa shape index (κ3) is 4.50. The Bertz CT molecular complexity index is 509. The first-order valence-corrected chi connectivity index (χ1v) is 10.4. The first kappa shape index (κ1) is 17.2. The van der Waals surface area contributed by atoms with Gasteiger partial charge in [-0.25, -0.2) is 9.97 Å². The molecule has 1 unspecified atom stereocenters. The summed E-state index contributed by atoms with van der Waals surface area (Å²) in [6.07, 6.45) is 13.6. The molecule has 4 rings (SSSR count). The minimum atomic E-state index is 0.918. The molecule has 0 saturated carbocycles. The molecule has 0 spiro atoms. The van der Waals surface area contributed by atoms with Gasteiger partial charge >= 0.3 is 0 Å². The molecular weight excluding hydrogens is 310 g/mol. The van der Waals surface area contributed by atoms with Gasteiger partial charge < -0.3 is 10.2 Å². The van der Waals surface area contributed by atoms with E-state index in [1.807, 2.05) is 12.4 Å². The Hall–Kier alpha value is -1.20. The second-order valence-corrected chi connectivity index (χ2v) is 8.14. The number of aromatic nitrogens is 2. The van der Waals surface area contributed by atoms with Gasteiger partial charge in [-0.05, 0) is 83.0 Å². The maximum atomic E-state index is 4.61. The van der Waals surface area contributed by atoms with E-state index in [0.717, 1.165) is 37.4 Å². The van der Waals surface area contributed by atoms with Gasteiger partial charge in [0.2, 0.25) is 5.95 Å². The zero-order valence-electron chi connectivity index (χ0n) is 15.5. The zero-order chi connectivity index (χ0) is 16.9. The van der Waals surface area contributed by atoms with E-state index >= 15 is 0 Å². The SMILES string of the molecule is c1nc(N2CCCC2)ncc1CN1CCC(C2CCCNCC2)CC1.